The summed E-state index contributed by atoms with van der Waals surface area (Å²) in [5, 5.41) is 0. The summed E-state index contributed by atoms with van der Waals surface area (Å²) < 4.78 is 11.0. The van der Waals surface area contributed by atoms with E-state index in [0.717, 1.165) is 25.9 Å². The first-order valence-corrected chi connectivity index (χ1v) is 8.89. The second-order valence-electron chi connectivity index (χ2n) is 6.65. The first kappa shape index (κ1) is 23.4. The molecular weight excluding hydrogens is 383 g/mol. The van der Waals surface area contributed by atoms with Gasteiger partial charge in [-0.1, -0.05) is 0 Å². The lowest BCUT2D eigenvalue weighted by atomic mass is 10.1. The number of rotatable bonds is 4. The highest BCUT2D eigenvalue weighted by molar-refractivity contribution is 5.85. The standard InChI is InChI=1S/C16H28N4O4.2ClH/c17-11-13-1-2-14(24-13)16(22)20-5-3-19(4-6-20)15(21)12-18-7-9-23-10-8-18;;/h13-14H,1-12,17H2;2*1H/t13-,14+;;/m1../s1. The molecule has 0 aromatic rings. The number of morpholine rings is 1. The van der Waals surface area contributed by atoms with Crippen molar-refractivity contribution in [3.05, 3.63) is 0 Å². The Balaban J connectivity index is 0.00000169. The predicted molar refractivity (Wildman–Crippen MR) is 102 cm³/mol. The SMILES string of the molecule is Cl.Cl.NC[C@H]1CC[C@@H](C(=O)N2CCN(C(=O)CN3CCOCC3)CC2)O1. The molecule has 3 aliphatic rings. The number of carbonyl (C=O) groups excluding carboxylic acids is 2. The number of halogens is 2. The lowest BCUT2D eigenvalue weighted by molar-refractivity contribution is -0.147. The molecule has 8 nitrogen and oxygen atoms in total. The van der Waals surface area contributed by atoms with Crippen LogP contribution in [-0.2, 0) is 19.1 Å². The van der Waals surface area contributed by atoms with Gasteiger partial charge in [-0.3, -0.25) is 14.5 Å². The summed E-state index contributed by atoms with van der Waals surface area (Å²) in [6.45, 7) is 6.29. The molecule has 0 aliphatic carbocycles. The van der Waals surface area contributed by atoms with E-state index >= 15 is 0 Å². The van der Waals surface area contributed by atoms with Crippen LogP contribution in [0.5, 0.6) is 0 Å². The molecule has 3 aliphatic heterocycles. The third kappa shape index (κ3) is 5.94. The van der Waals surface area contributed by atoms with Crippen LogP contribution in [0.15, 0.2) is 0 Å². The molecule has 0 aromatic heterocycles. The van der Waals surface area contributed by atoms with Crippen LogP contribution in [0.4, 0.5) is 0 Å². The molecule has 0 bridgehead atoms. The Labute approximate surface area is 167 Å². The Morgan fingerprint density at radius 2 is 1.54 bits per heavy atom. The number of carbonyl (C=O) groups is 2. The summed E-state index contributed by atoms with van der Waals surface area (Å²) >= 11 is 0. The van der Waals surface area contributed by atoms with Crippen molar-refractivity contribution in [3.8, 4) is 0 Å². The minimum atomic E-state index is -0.353. The molecule has 26 heavy (non-hydrogen) atoms. The number of hydrogen-bond donors (Lipinski definition) is 1. The van der Waals surface area contributed by atoms with Crippen LogP contribution in [0.25, 0.3) is 0 Å². The first-order chi connectivity index (χ1) is 11.7. The van der Waals surface area contributed by atoms with Crippen molar-refractivity contribution < 1.29 is 19.1 Å². The second-order valence-corrected chi connectivity index (χ2v) is 6.65. The summed E-state index contributed by atoms with van der Waals surface area (Å²) in [7, 11) is 0. The largest absolute Gasteiger partial charge is 0.379 e. The van der Waals surface area contributed by atoms with Gasteiger partial charge in [0.1, 0.15) is 6.10 Å². The van der Waals surface area contributed by atoms with E-state index in [9.17, 15) is 9.59 Å². The van der Waals surface area contributed by atoms with Gasteiger partial charge in [0.2, 0.25) is 5.91 Å². The third-order valence-corrected chi connectivity index (χ3v) is 5.05. The molecule has 152 valence electrons. The summed E-state index contributed by atoms with van der Waals surface area (Å²) in [6.07, 6.45) is 1.26. The molecule has 3 fully saturated rings. The number of ether oxygens (including phenoxy) is 2. The fourth-order valence-corrected chi connectivity index (χ4v) is 3.49. The predicted octanol–water partition coefficient (Wildman–Crippen LogP) is -0.661. The number of nitrogens with zero attached hydrogens (tertiary/aromatic N) is 3. The highest BCUT2D eigenvalue weighted by atomic mass is 35.5. The molecule has 2 atom stereocenters. The Hall–Kier alpha value is -0.640. The maximum atomic E-state index is 12.5. The Morgan fingerprint density at radius 3 is 2.12 bits per heavy atom. The van der Waals surface area contributed by atoms with Crippen molar-refractivity contribution in [2.24, 2.45) is 5.73 Å². The van der Waals surface area contributed by atoms with Gasteiger partial charge in [0, 0.05) is 45.8 Å². The lowest BCUT2D eigenvalue weighted by Crippen LogP contribution is -2.55. The fourth-order valence-electron chi connectivity index (χ4n) is 3.49. The average molecular weight is 413 g/mol. The molecule has 0 unspecified atom stereocenters. The number of piperazine rings is 1. The molecule has 3 saturated heterocycles. The highest BCUT2D eigenvalue weighted by Gasteiger charge is 2.34. The number of hydrogen-bond acceptors (Lipinski definition) is 6. The van der Waals surface area contributed by atoms with E-state index in [1.54, 1.807) is 0 Å². The molecule has 0 spiro atoms. The van der Waals surface area contributed by atoms with Gasteiger partial charge >= 0.3 is 0 Å². The summed E-state index contributed by atoms with van der Waals surface area (Å²) in [5.41, 5.74) is 5.60. The molecule has 10 heteroatoms. The minimum absolute atomic E-state index is 0. The van der Waals surface area contributed by atoms with Crippen molar-refractivity contribution in [2.75, 3.05) is 65.6 Å². The van der Waals surface area contributed by atoms with Gasteiger partial charge < -0.3 is 25.0 Å². The van der Waals surface area contributed by atoms with E-state index in [-0.39, 0.29) is 48.8 Å². The molecular formula is C16H30Cl2N4O4. The van der Waals surface area contributed by atoms with E-state index in [1.165, 1.54) is 0 Å². The van der Waals surface area contributed by atoms with Crippen LogP contribution < -0.4 is 5.73 Å². The summed E-state index contributed by atoms with van der Waals surface area (Å²) in [6, 6.07) is 0. The summed E-state index contributed by atoms with van der Waals surface area (Å²) in [5.74, 6) is 0.190. The van der Waals surface area contributed by atoms with Crippen molar-refractivity contribution in [2.45, 2.75) is 25.0 Å². The molecule has 3 heterocycles. The highest BCUT2D eigenvalue weighted by Crippen LogP contribution is 2.21. The zero-order chi connectivity index (χ0) is 16.9. The Morgan fingerprint density at radius 1 is 0.923 bits per heavy atom. The van der Waals surface area contributed by atoms with Crippen LogP contribution in [0.1, 0.15) is 12.8 Å². The molecule has 2 amide bonds. The Bertz CT molecular complexity index is 458. The second kappa shape index (κ2) is 11.3. The lowest BCUT2D eigenvalue weighted by Gasteiger charge is -2.37. The zero-order valence-corrected chi connectivity index (χ0v) is 16.6. The van der Waals surface area contributed by atoms with E-state index in [4.69, 9.17) is 15.2 Å². The molecule has 2 N–H and O–H groups in total. The molecule has 0 radical (unpaired) electrons. The summed E-state index contributed by atoms with van der Waals surface area (Å²) in [4.78, 5) is 30.7. The number of amides is 2. The first-order valence-electron chi connectivity index (χ1n) is 8.89. The van der Waals surface area contributed by atoms with E-state index in [1.807, 2.05) is 9.80 Å². The monoisotopic (exact) mass is 412 g/mol. The average Bonchev–Trinajstić information content (AvgIpc) is 3.11. The van der Waals surface area contributed by atoms with E-state index in [2.05, 4.69) is 4.90 Å². The number of nitrogens with two attached hydrogens (primary N) is 1. The van der Waals surface area contributed by atoms with Crippen molar-refractivity contribution in [1.82, 2.24) is 14.7 Å². The van der Waals surface area contributed by atoms with Crippen LogP contribution >= 0.6 is 24.8 Å². The van der Waals surface area contributed by atoms with Gasteiger partial charge in [0.25, 0.3) is 5.91 Å². The molecule has 0 saturated carbocycles. The van der Waals surface area contributed by atoms with Gasteiger partial charge in [-0.05, 0) is 12.8 Å². The molecule has 3 rings (SSSR count). The normalized spacial score (nSPS) is 26.8. The van der Waals surface area contributed by atoms with Crippen LogP contribution in [0, 0.1) is 0 Å². The van der Waals surface area contributed by atoms with Crippen LogP contribution in [0.2, 0.25) is 0 Å². The Kier molecular flexibility index (Phi) is 10.1. The van der Waals surface area contributed by atoms with Crippen LogP contribution in [-0.4, -0.2) is 104 Å². The van der Waals surface area contributed by atoms with E-state index in [0.29, 0.717) is 52.5 Å². The topological polar surface area (TPSA) is 88.3 Å². The van der Waals surface area contributed by atoms with Gasteiger partial charge in [0.05, 0.1) is 25.9 Å². The van der Waals surface area contributed by atoms with E-state index < -0.39 is 0 Å². The van der Waals surface area contributed by atoms with Gasteiger partial charge in [-0.2, -0.15) is 0 Å². The maximum Gasteiger partial charge on any atom is 0.251 e. The minimum Gasteiger partial charge on any atom is -0.379 e. The van der Waals surface area contributed by atoms with Crippen molar-refractivity contribution in [1.29, 1.82) is 0 Å². The van der Waals surface area contributed by atoms with Crippen molar-refractivity contribution >= 4 is 36.6 Å². The van der Waals surface area contributed by atoms with Crippen LogP contribution in [0.3, 0.4) is 0 Å². The quantitative estimate of drug-likeness (QED) is 0.659. The maximum absolute atomic E-state index is 12.5. The van der Waals surface area contributed by atoms with Gasteiger partial charge in [0.15, 0.2) is 0 Å². The third-order valence-electron chi connectivity index (χ3n) is 5.05. The smallest absolute Gasteiger partial charge is 0.251 e. The van der Waals surface area contributed by atoms with Gasteiger partial charge in [-0.25, -0.2) is 0 Å². The van der Waals surface area contributed by atoms with Crippen molar-refractivity contribution in [3.63, 3.8) is 0 Å². The fraction of sp³-hybridized carbons (Fsp3) is 0.875. The van der Waals surface area contributed by atoms with Gasteiger partial charge in [-0.15, -0.1) is 24.8 Å². The molecule has 0 aromatic carbocycles. The zero-order valence-electron chi connectivity index (χ0n) is 15.0.